The van der Waals surface area contributed by atoms with Crippen LogP contribution in [0.5, 0.6) is 5.75 Å². The Labute approximate surface area is 227 Å². The number of alkyl halides is 3. The molecule has 40 heavy (non-hydrogen) atoms. The van der Waals surface area contributed by atoms with Gasteiger partial charge in [-0.25, -0.2) is 9.07 Å². The SMILES string of the molecule is COc1cn(C(C)C(=O)Nc2ccc(C(N)=O)c(F)c2)c(=O)cc1-c1cc(Cl)ccc1-n1cc(C(F)(F)F)nn1. The highest BCUT2D eigenvalue weighted by atomic mass is 35.5. The van der Waals surface area contributed by atoms with Crippen LogP contribution in [0.15, 0.2) is 59.7 Å². The number of aromatic nitrogens is 4. The van der Waals surface area contributed by atoms with Gasteiger partial charge in [-0.3, -0.25) is 19.0 Å². The fourth-order valence-corrected chi connectivity index (χ4v) is 3.98. The van der Waals surface area contributed by atoms with Crippen molar-refractivity contribution < 1.29 is 31.9 Å². The summed E-state index contributed by atoms with van der Waals surface area (Å²) in [5, 5.41) is 9.37. The fraction of sp³-hybridized carbons (Fsp3) is 0.160. The van der Waals surface area contributed by atoms with Crippen LogP contribution in [-0.2, 0) is 11.0 Å². The summed E-state index contributed by atoms with van der Waals surface area (Å²) in [7, 11) is 1.29. The van der Waals surface area contributed by atoms with Crippen LogP contribution >= 0.6 is 11.6 Å². The molecule has 15 heteroatoms. The molecule has 0 saturated carbocycles. The van der Waals surface area contributed by atoms with Crippen molar-refractivity contribution in [1.29, 1.82) is 0 Å². The smallest absolute Gasteiger partial charge is 0.436 e. The quantitative estimate of drug-likeness (QED) is 0.316. The number of anilines is 1. The van der Waals surface area contributed by atoms with Gasteiger partial charge in [0.05, 0.1) is 30.8 Å². The van der Waals surface area contributed by atoms with Crippen molar-refractivity contribution in [2.45, 2.75) is 19.1 Å². The summed E-state index contributed by atoms with van der Waals surface area (Å²) in [5.41, 5.74) is 3.33. The lowest BCUT2D eigenvalue weighted by atomic mass is 10.0. The molecule has 4 aromatic rings. The molecule has 0 spiro atoms. The second kappa shape index (κ2) is 10.8. The number of hydrogen-bond donors (Lipinski definition) is 2. The van der Waals surface area contributed by atoms with E-state index in [0.29, 0.717) is 6.20 Å². The number of nitrogens with two attached hydrogens (primary N) is 1. The van der Waals surface area contributed by atoms with Crippen LogP contribution in [0.1, 0.15) is 29.0 Å². The number of benzene rings is 2. The minimum atomic E-state index is -4.73. The van der Waals surface area contributed by atoms with Gasteiger partial charge in [-0.15, -0.1) is 5.10 Å². The van der Waals surface area contributed by atoms with Gasteiger partial charge in [-0.2, -0.15) is 13.2 Å². The van der Waals surface area contributed by atoms with Gasteiger partial charge < -0.3 is 15.8 Å². The summed E-state index contributed by atoms with van der Waals surface area (Å²) in [6, 6.07) is 7.52. The lowest BCUT2D eigenvalue weighted by Gasteiger charge is -2.19. The molecule has 0 radical (unpaired) electrons. The van der Waals surface area contributed by atoms with Gasteiger partial charge in [0.25, 0.3) is 11.5 Å². The summed E-state index contributed by atoms with van der Waals surface area (Å²) in [5.74, 6) is -2.53. The zero-order valence-electron chi connectivity index (χ0n) is 20.7. The summed E-state index contributed by atoms with van der Waals surface area (Å²) < 4.78 is 60.7. The number of nitrogens with one attached hydrogen (secondary N) is 1. The second-order valence-corrected chi connectivity index (χ2v) is 8.87. The topological polar surface area (TPSA) is 134 Å². The van der Waals surface area contributed by atoms with Crippen molar-refractivity contribution in [1.82, 2.24) is 19.6 Å². The molecule has 2 aromatic heterocycles. The minimum absolute atomic E-state index is 0.0191. The van der Waals surface area contributed by atoms with Crippen LogP contribution in [0.3, 0.4) is 0 Å². The monoisotopic (exact) mass is 578 g/mol. The van der Waals surface area contributed by atoms with Crippen LogP contribution < -0.4 is 21.3 Å². The average Bonchev–Trinajstić information content (AvgIpc) is 3.39. The third kappa shape index (κ3) is 5.66. The Morgan fingerprint density at radius 1 is 1.10 bits per heavy atom. The molecular formula is C25H19ClF4N6O4. The van der Waals surface area contributed by atoms with Crippen molar-refractivity contribution >= 4 is 29.1 Å². The minimum Gasteiger partial charge on any atom is -0.495 e. The van der Waals surface area contributed by atoms with Gasteiger partial charge in [0, 0.05) is 27.9 Å². The van der Waals surface area contributed by atoms with Gasteiger partial charge in [0.2, 0.25) is 5.91 Å². The van der Waals surface area contributed by atoms with E-state index in [-0.39, 0.29) is 38.8 Å². The molecule has 1 atom stereocenters. The maximum atomic E-state index is 14.1. The largest absolute Gasteiger partial charge is 0.495 e. The normalized spacial score (nSPS) is 12.2. The molecule has 1 unspecified atom stereocenters. The number of ether oxygens (including phenoxy) is 1. The van der Waals surface area contributed by atoms with E-state index in [4.69, 9.17) is 22.1 Å². The van der Waals surface area contributed by atoms with E-state index in [0.717, 1.165) is 27.4 Å². The number of hydrogen-bond acceptors (Lipinski definition) is 6. The molecule has 10 nitrogen and oxygen atoms in total. The van der Waals surface area contributed by atoms with E-state index in [9.17, 15) is 31.9 Å². The van der Waals surface area contributed by atoms with E-state index in [1.54, 1.807) is 0 Å². The third-order valence-corrected chi connectivity index (χ3v) is 6.08. The molecule has 3 N–H and O–H groups in total. The van der Waals surface area contributed by atoms with Crippen LogP contribution in [0.25, 0.3) is 16.8 Å². The number of halogens is 5. The first-order valence-corrected chi connectivity index (χ1v) is 11.7. The van der Waals surface area contributed by atoms with E-state index in [1.807, 2.05) is 0 Å². The molecule has 0 bridgehead atoms. The molecule has 208 valence electrons. The molecular weight excluding hydrogens is 560 g/mol. The number of pyridine rings is 1. The van der Waals surface area contributed by atoms with Gasteiger partial charge in [-0.05, 0) is 43.3 Å². The number of nitrogens with zero attached hydrogens (tertiary/aromatic N) is 4. The molecule has 0 aliphatic heterocycles. The Kier molecular flexibility index (Phi) is 7.64. The van der Waals surface area contributed by atoms with Crippen molar-refractivity contribution in [3.63, 3.8) is 0 Å². The predicted molar refractivity (Wildman–Crippen MR) is 136 cm³/mol. The molecule has 4 rings (SSSR count). The van der Waals surface area contributed by atoms with Crippen molar-refractivity contribution in [3.05, 3.63) is 87.3 Å². The first-order chi connectivity index (χ1) is 18.8. The van der Waals surface area contributed by atoms with Crippen molar-refractivity contribution in [2.75, 3.05) is 12.4 Å². The van der Waals surface area contributed by atoms with Crippen LogP contribution in [0, 0.1) is 5.82 Å². The van der Waals surface area contributed by atoms with Gasteiger partial charge in [0.1, 0.15) is 17.6 Å². The summed E-state index contributed by atoms with van der Waals surface area (Å²) in [6.07, 6.45) is -2.80. The second-order valence-electron chi connectivity index (χ2n) is 8.43. The Morgan fingerprint density at radius 2 is 1.82 bits per heavy atom. The number of amides is 2. The van der Waals surface area contributed by atoms with E-state index >= 15 is 0 Å². The van der Waals surface area contributed by atoms with E-state index < -0.39 is 41.1 Å². The Bertz CT molecular complexity index is 1680. The molecule has 0 saturated heterocycles. The third-order valence-electron chi connectivity index (χ3n) is 5.84. The molecule has 2 amide bonds. The summed E-state index contributed by atoms with van der Waals surface area (Å²) >= 11 is 6.15. The van der Waals surface area contributed by atoms with Crippen molar-refractivity contribution in [2.24, 2.45) is 5.73 Å². The fourth-order valence-electron chi connectivity index (χ4n) is 3.81. The summed E-state index contributed by atoms with van der Waals surface area (Å²) in [4.78, 5) is 37.2. The summed E-state index contributed by atoms with van der Waals surface area (Å²) in [6.45, 7) is 1.41. The van der Waals surface area contributed by atoms with Crippen LogP contribution in [-0.4, -0.2) is 38.5 Å². The maximum absolute atomic E-state index is 14.1. The number of primary amides is 1. The van der Waals surface area contributed by atoms with E-state index in [2.05, 4.69) is 15.6 Å². The van der Waals surface area contributed by atoms with Crippen LogP contribution in [0.2, 0.25) is 5.02 Å². The maximum Gasteiger partial charge on any atom is 0.436 e. The highest BCUT2D eigenvalue weighted by Crippen LogP contribution is 2.36. The van der Waals surface area contributed by atoms with Crippen molar-refractivity contribution in [3.8, 4) is 22.6 Å². The standard InChI is InChI=1S/C25H19ClF4N6O4/c1-12(24(39)32-14-4-5-15(23(31)38)18(27)8-14)35-10-20(40-2)17(9-22(35)37)16-7-13(26)3-6-19(16)36-11-21(33-34-36)25(28,29)30/h3-12H,1-2H3,(H2,31,38)(H,32,39). The first kappa shape index (κ1) is 28.3. The Balaban J connectivity index is 1.71. The molecule has 0 aliphatic rings. The predicted octanol–water partition coefficient (Wildman–Crippen LogP) is 4.21. The lowest BCUT2D eigenvalue weighted by molar-refractivity contribution is -0.141. The zero-order valence-corrected chi connectivity index (χ0v) is 21.4. The number of carbonyl (C=O) groups excluding carboxylic acids is 2. The number of rotatable bonds is 7. The van der Waals surface area contributed by atoms with Gasteiger partial charge in [-0.1, -0.05) is 16.8 Å². The van der Waals surface area contributed by atoms with Crippen LogP contribution in [0.4, 0.5) is 23.2 Å². The van der Waals surface area contributed by atoms with E-state index in [1.165, 1.54) is 44.5 Å². The number of carbonyl (C=O) groups is 2. The average molecular weight is 579 g/mol. The molecule has 0 aliphatic carbocycles. The zero-order chi connectivity index (χ0) is 29.4. The van der Waals surface area contributed by atoms with Gasteiger partial charge >= 0.3 is 6.18 Å². The molecule has 2 aromatic carbocycles. The highest BCUT2D eigenvalue weighted by Gasteiger charge is 2.35. The molecule has 2 heterocycles. The Morgan fingerprint density at radius 3 is 2.42 bits per heavy atom. The Hall–Kier alpha value is -4.72. The first-order valence-electron chi connectivity index (χ1n) is 11.3. The van der Waals surface area contributed by atoms with Gasteiger partial charge in [0.15, 0.2) is 5.69 Å². The number of methoxy groups -OCH3 is 1. The molecule has 0 fully saturated rings. The lowest BCUT2D eigenvalue weighted by Crippen LogP contribution is -2.31. The highest BCUT2D eigenvalue weighted by molar-refractivity contribution is 6.31.